The lowest BCUT2D eigenvalue weighted by Gasteiger charge is -2.25. The molecule has 1 fully saturated rings. The molecule has 4 aromatic carbocycles. The first kappa shape index (κ1) is 29.3. The fourth-order valence-electron chi connectivity index (χ4n) is 5.57. The Labute approximate surface area is 249 Å². The van der Waals surface area contributed by atoms with Crippen LogP contribution in [-0.4, -0.2) is 11.9 Å². The van der Waals surface area contributed by atoms with Crippen LogP contribution in [0.25, 0.3) is 0 Å². The van der Waals surface area contributed by atoms with Gasteiger partial charge in [0.1, 0.15) is 11.5 Å². The Balaban J connectivity index is 1.05. The summed E-state index contributed by atoms with van der Waals surface area (Å²) in [7, 11) is 0. The first-order valence-corrected chi connectivity index (χ1v) is 15.3. The predicted octanol–water partition coefficient (Wildman–Crippen LogP) is 8.31. The van der Waals surface area contributed by atoms with Gasteiger partial charge in [-0.15, -0.1) is 0 Å². The second kappa shape index (κ2) is 14.1. The fraction of sp³-hybridized carbons (Fsp3) is 0.316. The van der Waals surface area contributed by atoms with Crippen LogP contribution in [0.15, 0.2) is 97.1 Å². The number of hydrogen-bond acceptors (Lipinski definition) is 4. The first-order chi connectivity index (χ1) is 20.5. The molecule has 0 heterocycles. The lowest BCUT2D eigenvalue weighted by atomic mass is 9.82. The summed E-state index contributed by atoms with van der Waals surface area (Å²) in [6, 6.07) is 32.9. The SMILES string of the molecule is CCc1ccc(Cc2ccc(OC(=O)C3CCC(C(=O)Oc4ccc(Cc5ccc(CC)cc5)cc4)CC3)cc2)cc1. The highest BCUT2D eigenvalue weighted by Gasteiger charge is 2.32. The van der Waals surface area contributed by atoms with Crippen molar-refractivity contribution in [1.82, 2.24) is 0 Å². The molecular weight excluding hydrogens is 520 g/mol. The molecule has 0 atom stereocenters. The quantitative estimate of drug-likeness (QED) is 0.145. The predicted molar refractivity (Wildman–Crippen MR) is 167 cm³/mol. The van der Waals surface area contributed by atoms with Crippen molar-refractivity contribution in [2.24, 2.45) is 11.8 Å². The molecule has 0 radical (unpaired) electrons. The van der Waals surface area contributed by atoms with Gasteiger partial charge < -0.3 is 9.47 Å². The molecule has 0 aromatic heterocycles. The topological polar surface area (TPSA) is 52.6 Å². The van der Waals surface area contributed by atoms with Gasteiger partial charge in [-0.2, -0.15) is 0 Å². The summed E-state index contributed by atoms with van der Waals surface area (Å²) in [5.41, 5.74) is 7.54. The minimum Gasteiger partial charge on any atom is -0.426 e. The average molecular weight is 561 g/mol. The molecule has 0 bridgehead atoms. The maximum Gasteiger partial charge on any atom is 0.314 e. The van der Waals surface area contributed by atoms with Gasteiger partial charge in [-0.25, -0.2) is 0 Å². The van der Waals surface area contributed by atoms with Gasteiger partial charge in [0.15, 0.2) is 0 Å². The van der Waals surface area contributed by atoms with Crippen LogP contribution >= 0.6 is 0 Å². The van der Waals surface area contributed by atoms with Crippen molar-refractivity contribution in [2.75, 3.05) is 0 Å². The van der Waals surface area contributed by atoms with Crippen molar-refractivity contribution in [1.29, 1.82) is 0 Å². The molecule has 0 aliphatic heterocycles. The third kappa shape index (κ3) is 7.97. The number of carbonyl (C=O) groups is 2. The van der Waals surface area contributed by atoms with Crippen molar-refractivity contribution in [3.8, 4) is 11.5 Å². The van der Waals surface area contributed by atoms with Gasteiger partial charge in [0.05, 0.1) is 11.8 Å². The lowest BCUT2D eigenvalue weighted by molar-refractivity contribution is -0.145. The molecule has 4 heteroatoms. The number of esters is 2. The highest BCUT2D eigenvalue weighted by Crippen LogP contribution is 2.31. The Bertz CT molecular complexity index is 1330. The molecule has 0 unspecified atom stereocenters. The molecule has 1 saturated carbocycles. The van der Waals surface area contributed by atoms with E-state index in [1.54, 1.807) is 0 Å². The standard InChI is InChI=1S/C38H40O4/c1-3-27-5-9-29(10-6-27)25-31-13-21-35(22-14-31)41-37(39)33-17-19-34(20-18-33)38(40)42-36-23-15-32(16-24-36)26-30-11-7-28(4-2)8-12-30/h5-16,21-24,33-34H,3-4,17-20,25-26H2,1-2H3. The summed E-state index contributed by atoms with van der Waals surface area (Å²) >= 11 is 0. The number of hydrogen-bond donors (Lipinski definition) is 0. The molecule has 1 aliphatic rings. The molecule has 4 nitrogen and oxygen atoms in total. The number of benzene rings is 4. The van der Waals surface area contributed by atoms with Gasteiger partial charge in [-0.05, 0) is 109 Å². The van der Waals surface area contributed by atoms with Crippen LogP contribution in [0, 0.1) is 11.8 Å². The van der Waals surface area contributed by atoms with Crippen LogP contribution in [0.1, 0.15) is 72.9 Å². The zero-order valence-electron chi connectivity index (χ0n) is 24.7. The van der Waals surface area contributed by atoms with Crippen LogP contribution in [0.4, 0.5) is 0 Å². The highest BCUT2D eigenvalue weighted by molar-refractivity contribution is 5.77. The third-order valence-corrected chi connectivity index (χ3v) is 8.36. The van der Waals surface area contributed by atoms with Crippen LogP contribution in [-0.2, 0) is 35.3 Å². The molecule has 0 spiro atoms. The van der Waals surface area contributed by atoms with Crippen molar-refractivity contribution >= 4 is 11.9 Å². The van der Waals surface area contributed by atoms with Gasteiger partial charge in [0.25, 0.3) is 0 Å². The summed E-state index contributed by atoms with van der Waals surface area (Å²) < 4.78 is 11.4. The Morgan fingerprint density at radius 3 is 1.02 bits per heavy atom. The molecule has 0 N–H and O–H groups in total. The van der Waals surface area contributed by atoms with Gasteiger partial charge in [-0.1, -0.05) is 86.6 Å². The summed E-state index contributed by atoms with van der Waals surface area (Å²) in [6.45, 7) is 4.31. The maximum atomic E-state index is 12.8. The minimum absolute atomic E-state index is 0.198. The van der Waals surface area contributed by atoms with E-state index in [2.05, 4.69) is 62.4 Å². The Kier molecular flexibility index (Phi) is 9.86. The second-order valence-electron chi connectivity index (χ2n) is 11.4. The van der Waals surface area contributed by atoms with Crippen molar-refractivity contribution in [3.63, 3.8) is 0 Å². The molecule has 42 heavy (non-hydrogen) atoms. The molecular formula is C38H40O4. The number of ether oxygens (including phenoxy) is 2. The van der Waals surface area contributed by atoms with E-state index in [0.29, 0.717) is 37.2 Å². The summed E-state index contributed by atoms with van der Waals surface area (Å²) in [6.07, 6.45) is 6.26. The summed E-state index contributed by atoms with van der Waals surface area (Å²) in [5.74, 6) is 0.295. The molecule has 0 amide bonds. The van der Waals surface area contributed by atoms with Crippen molar-refractivity contribution < 1.29 is 19.1 Å². The van der Waals surface area contributed by atoms with E-state index in [9.17, 15) is 9.59 Å². The average Bonchev–Trinajstić information content (AvgIpc) is 3.03. The molecule has 4 aromatic rings. The van der Waals surface area contributed by atoms with E-state index in [1.165, 1.54) is 33.4 Å². The Hall–Kier alpha value is -4.18. The van der Waals surface area contributed by atoms with E-state index in [-0.39, 0.29) is 23.8 Å². The van der Waals surface area contributed by atoms with E-state index in [0.717, 1.165) is 25.7 Å². The smallest absolute Gasteiger partial charge is 0.314 e. The van der Waals surface area contributed by atoms with Crippen LogP contribution < -0.4 is 9.47 Å². The second-order valence-corrected chi connectivity index (χ2v) is 11.4. The molecule has 5 rings (SSSR count). The minimum atomic E-state index is -0.218. The fourth-order valence-corrected chi connectivity index (χ4v) is 5.57. The first-order valence-electron chi connectivity index (χ1n) is 15.3. The number of carbonyl (C=O) groups excluding carboxylic acids is 2. The lowest BCUT2D eigenvalue weighted by Crippen LogP contribution is -2.30. The maximum absolute atomic E-state index is 12.8. The van der Waals surface area contributed by atoms with E-state index in [4.69, 9.17) is 9.47 Å². The van der Waals surface area contributed by atoms with Crippen LogP contribution in [0.2, 0.25) is 0 Å². The highest BCUT2D eigenvalue weighted by atomic mass is 16.5. The van der Waals surface area contributed by atoms with E-state index < -0.39 is 0 Å². The monoisotopic (exact) mass is 560 g/mol. The van der Waals surface area contributed by atoms with E-state index in [1.807, 2.05) is 48.5 Å². The largest absolute Gasteiger partial charge is 0.426 e. The number of aryl methyl sites for hydroxylation is 2. The zero-order chi connectivity index (χ0) is 29.3. The van der Waals surface area contributed by atoms with Crippen LogP contribution in [0.5, 0.6) is 11.5 Å². The zero-order valence-corrected chi connectivity index (χ0v) is 24.7. The van der Waals surface area contributed by atoms with Gasteiger partial charge in [0, 0.05) is 0 Å². The van der Waals surface area contributed by atoms with Crippen molar-refractivity contribution in [2.45, 2.75) is 65.2 Å². The molecule has 0 saturated heterocycles. The Morgan fingerprint density at radius 1 is 0.476 bits per heavy atom. The Morgan fingerprint density at radius 2 is 0.738 bits per heavy atom. The van der Waals surface area contributed by atoms with Crippen molar-refractivity contribution in [3.05, 3.63) is 130 Å². The molecule has 216 valence electrons. The number of rotatable bonds is 10. The summed E-state index contributed by atoms with van der Waals surface area (Å²) in [5, 5.41) is 0. The van der Waals surface area contributed by atoms with Gasteiger partial charge in [-0.3, -0.25) is 9.59 Å². The van der Waals surface area contributed by atoms with E-state index >= 15 is 0 Å². The third-order valence-electron chi connectivity index (χ3n) is 8.36. The summed E-state index contributed by atoms with van der Waals surface area (Å²) in [4.78, 5) is 25.7. The molecule has 1 aliphatic carbocycles. The van der Waals surface area contributed by atoms with Crippen LogP contribution in [0.3, 0.4) is 0 Å². The normalized spacial score (nSPS) is 16.5. The van der Waals surface area contributed by atoms with Gasteiger partial charge in [0.2, 0.25) is 0 Å². The van der Waals surface area contributed by atoms with Gasteiger partial charge >= 0.3 is 11.9 Å².